The fourth-order valence-electron chi connectivity index (χ4n) is 2.43. The van der Waals surface area contributed by atoms with Crippen LogP contribution in [-0.4, -0.2) is 42.3 Å². The number of hydrogen-bond donors (Lipinski definition) is 2. The molecule has 1 aromatic carbocycles. The Kier molecular flexibility index (Phi) is 5.47. The fourth-order valence-corrected chi connectivity index (χ4v) is 2.43. The maximum Gasteiger partial charge on any atom is 0.407 e. The van der Waals surface area contributed by atoms with Crippen molar-refractivity contribution in [3.8, 4) is 0 Å². The molecule has 3 amide bonds. The summed E-state index contributed by atoms with van der Waals surface area (Å²) in [7, 11) is 0. The number of alkyl carbamates (subject to hydrolysis) is 1. The average Bonchev–Trinajstić information content (AvgIpc) is 2.49. The molecule has 0 bridgehead atoms. The van der Waals surface area contributed by atoms with Crippen LogP contribution < -0.4 is 10.6 Å². The molecule has 6 heteroatoms. The highest BCUT2D eigenvalue weighted by molar-refractivity contribution is 5.74. The van der Waals surface area contributed by atoms with Crippen molar-refractivity contribution >= 4 is 12.1 Å². The van der Waals surface area contributed by atoms with Crippen LogP contribution in [0.15, 0.2) is 24.3 Å². The highest BCUT2D eigenvalue weighted by atomic mass is 16.6. The van der Waals surface area contributed by atoms with Gasteiger partial charge in [0.05, 0.1) is 0 Å². The van der Waals surface area contributed by atoms with E-state index in [4.69, 9.17) is 4.74 Å². The van der Waals surface area contributed by atoms with Crippen molar-refractivity contribution in [3.05, 3.63) is 35.4 Å². The summed E-state index contributed by atoms with van der Waals surface area (Å²) in [4.78, 5) is 25.4. The van der Waals surface area contributed by atoms with Crippen molar-refractivity contribution in [1.29, 1.82) is 0 Å². The third-order valence-electron chi connectivity index (χ3n) is 3.49. The molecular weight excluding hydrogens is 294 g/mol. The molecular formula is C17H25N3O3. The summed E-state index contributed by atoms with van der Waals surface area (Å²) in [5, 5.41) is 5.44. The second-order valence-electron chi connectivity index (χ2n) is 6.60. The maximum absolute atomic E-state index is 12.2. The van der Waals surface area contributed by atoms with Crippen molar-refractivity contribution < 1.29 is 14.3 Å². The SMILES string of the molecule is CC(C)(C)OC(=O)NCCNC(=O)N1CCc2ccccc2C1. The molecule has 0 aliphatic carbocycles. The zero-order chi connectivity index (χ0) is 16.9. The molecule has 0 saturated heterocycles. The minimum atomic E-state index is -0.519. The molecule has 23 heavy (non-hydrogen) atoms. The monoisotopic (exact) mass is 319 g/mol. The number of carbonyl (C=O) groups excluding carboxylic acids is 2. The number of hydrogen-bond acceptors (Lipinski definition) is 3. The second kappa shape index (κ2) is 7.35. The molecule has 0 unspecified atom stereocenters. The van der Waals surface area contributed by atoms with E-state index in [1.165, 1.54) is 11.1 Å². The molecule has 0 spiro atoms. The minimum Gasteiger partial charge on any atom is -0.444 e. The molecule has 2 rings (SSSR count). The first-order valence-corrected chi connectivity index (χ1v) is 7.91. The van der Waals surface area contributed by atoms with Crippen LogP contribution in [0.4, 0.5) is 9.59 Å². The van der Waals surface area contributed by atoms with Gasteiger partial charge < -0.3 is 20.3 Å². The number of fused-ring (bicyclic) bond motifs is 1. The summed E-state index contributed by atoms with van der Waals surface area (Å²) in [6, 6.07) is 8.07. The van der Waals surface area contributed by atoms with Gasteiger partial charge in [0.2, 0.25) is 0 Å². The summed E-state index contributed by atoms with van der Waals surface area (Å²) in [6.45, 7) is 7.47. The van der Waals surface area contributed by atoms with E-state index in [-0.39, 0.29) is 6.03 Å². The normalized spacial score (nSPS) is 14.0. The van der Waals surface area contributed by atoms with Crippen molar-refractivity contribution in [3.63, 3.8) is 0 Å². The Balaban J connectivity index is 1.69. The molecule has 0 atom stereocenters. The largest absolute Gasteiger partial charge is 0.444 e. The first-order valence-electron chi connectivity index (χ1n) is 7.91. The van der Waals surface area contributed by atoms with E-state index in [1.807, 2.05) is 32.9 Å². The van der Waals surface area contributed by atoms with Crippen molar-refractivity contribution in [1.82, 2.24) is 15.5 Å². The van der Waals surface area contributed by atoms with Crippen LogP contribution in [0, 0.1) is 0 Å². The van der Waals surface area contributed by atoms with E-state index < -0.39 is 11.7 Å². The van der Waals surface area contributed by atoms with Crippen molar-refractivity contribution in [2.24, 2.45) is 0 Å². The molecule has 0 aromatic heterocycles. The van der Waals surface area contributed by atoms with Gasteiger partial charge in [-0.3, -0.25) is 0 Å². The van der Waals surface area contributed by atoms with Crippen LogP contribution in [-0.2, 0) is 17.7 Å². The Labute approximate surface area is 137 Å². The highest BCUT2D eigenvalue weighted by Gasteiger charge is 2.20. The number of carbonyl (C=O) groups is 2. The molecule has 0 saturated carbocycles. The number of urea groups is 1. The van der Waals surface area contributed by atoms with Gasteiger partial charge in [0.1, 0.15) is 5.60 Å². The van der Waals surface area contributed by atoms with Gasteiger partial charge >= 0.3 is 12.1 Å². The van der Waals surface area contributed by atoms with E-state index in [9.17, 15) is 9.59 Å². The summed E-state index contributed by atoms with van der Waals surface area (Å²) >= 11 is 0. The maximum atomic E-state index is 12.2. The summed E-state index contributed by atoms with van der Waals surface area (Å²) < 4.78 is 5.13. The third-order valence-corrected chi connectivity index (χ3v) is 3.49. The molecule has 6 nitrogen and oxygen atoms in total. The standard InChI is InChI=1S/C17H25N3O3/c1-17(2,3)23-16(22)19-10-9-18-15(21)20-11-8-13-6-4-5-7-14(13)12-20/h4-7H,8-12H2,1-3H3,(H,18,21)(H,19,22). The Morgan fingerprint density at radius 2 is 1.78 bits per heavy atom. The van der Waals surface area contributed by atoms with E-state index in [0.717, 1.165) is 6.42 Å². The minimum absolute atomic E-state index is 0.106. The van der Waals surface area contributed by atoms with Gasteiger partial charge in [-0.25, -0.2) is 9.59 Å². The quantitative estimate of drug-likeness (QED) is 0.840. The predicted octanol–water partition coefficient (Wildman–Crippen LogP) is 2.28. The molecule has 1 aliphatic rings. The zero-order valence-corrected chi connectivity index (χ0v) is 14.0. The molecule has 0 radical (unpaired) electrons. The van der Waals surface area contributed by atoms with Gasteiger partial charge in [0, 0.05) is 26.2 Å². The molecule has 1 aromatic rings. The zero-order valence-electron chi connectivity index (χ0n) is 14.0. The van der Waals surface area contributed by atoms with E-state index in [0.29, 0.717) is 26.2 Å². The molecule has 126 valence electrons. The van der Waals surface area contributed by atoms with Crippen LogP contribution in [0.1, 0.15) is 31.9 Å². The lowest BCUT2D eigenvalue weighted by Crippen LogP contribution is -2.45. The first kappa shape index (κ1) is 17.1. The van der Waals surface area contributed by atoms with Gasteiger partial charge in [-0.15, -0.1) is 0 Å². The third kappa shape index (κ3) is 5.47. The topological polar surface area (TPSA) is 70.7 Å². The lowest BCUT2D eigenvalue weighted by atomic mass is 10.0. The molecule has 0 fully saturated rings. The first-order chi connectivity index (χ1) is 10.8. The second-order valence-corrected chi connectivity index (χ2v) is 6.60. The Bertz CT molecular complexity index is 566. The van der Waals surface area contributed by atoms with Crippen molar-refractivity contribution in [2.45, 2.75) is 39.3 Å². The van der Waals surface area contributed by atoms with Crippen molar-refractivity contribution in [2.75, 3.05) is 19.6 Å². The van der Waals surface area contributed by atoms with Gasteiger partial charge in [-0.1, -0.05) is 24.3 Å². The average molecular weight is 319 g/mol. The van der Waals surface area contributed by atoms with Gasteiger partial charge in [0.15, 0.2) is 0 Å². The lowest BCUT2D eigenvalue weighted by molar-refractivity contribution is 0.0528. The van der Waals surface area contributed by atoms with Crippen LogP contribution in [0.2, 0.25) is 0 Å². The summed E-state index contributed by atoms with van der Waals surface area (Å²) in [6.07, 6.45) is 0.401. The smallest absolute Gasteiger partial charge is 0.407 e. The van der Waals surface area contributed by atoms with Crippen LogP contribution in [0.25, 0.3) is 0 Å². The van der Waals surface area contributed by atoms with E-state index in [2.05, 4.69) is 22.8 Å². The van der Waals surface area contributed by atoms with Crippen LogP contribution >= 0.6 is 0 Å². The van der Waals surface area contributed by atoms with E-state index in [1.54, 1.807) is 4.90 Å². The van der Waals surface area contributed by atoms with E-state index >= 15 is 0 Å². The van der Waals surface area contributed by atoms with Crippen LogP contribution in [0.5, 0.6) is 0 Å². The van der Waals surface area contributed by atoms with Gasteiger partial charge in [0.25, 0.3) is 0 Å². The van der Waals surface area contributed by atoms with Crippen LogP contribution in [0.3, 0.4) is 0 Å². The number of benzene rings is 1. The number of nitrogens with zero attached hydrogens (tertiary/aromatic N) is 1. The Morgan fingerprint density at radius 3 is 2.48 bits per heavy atom. The Morgan fingerprint density at radius 1 is 1.13 bits per heavy atom. The highest BCUT2D eigenvalue weighted by Crippen LogP contribution is 2.18. The summed E-state index contributed by atoms with van der Waals surface area (Å²) in [5.74, 6) is 0. The van der Waals surface area contributed by atoms with Gasteiger partial charge in [-0.2, -0.15) is 0 Å². The molecule has 1 aliphatic heterocycles. The number of nitrogens with one attached hydrogen (secondary N) is 2. The predicted molar refractivity (Wildman–Crippen MR) is 88.2 cm³/mol. The Hall–Kier alpha value is -2.24. The number of amides is 3. The summed E-state index contributed by atoms with van der Waals surface area (Å²) in [5.41, 5.74) is 1.98. The fraction of sp³-hybridized carbons (Fsp3) is 0.529. The molecule has 2 N–H and O–H groups in total. The number of rotatable bonds is 3. The molecule has 1 heterocycles. The van der Waals surface area contributed by atoms with Gasteiger partial charge in [-0.05, 0) is 38.3 Å². The number of ether oxygens (including phenoxy) is 1. The lowest BCUT2D eigenvalue weighted by Gasteiger charge is -2.29.